The van der Waals surface area contributed by atoms with Crippen molar-refractivity contribution in [2.45, 2.75) is 13.3 Å². The second-order valence-corrected chi connectivity index (χ2v) is 7.70. The molecule has 0 radical (unpaired) electrons. The average molecular weight is 421 g/mol. The summed E-state index contributed by atoms with van der Waals surface area (Å²) in [4.78, 5) is 34.4. The van der Waals surface area contributed by atoms with Crippen LogP contribution >= 0.6 is 22.7 Å². The zero-order valence-corrected chi connectivity index (χ0v) is 17.4. The van der Waals surface area contributed by atoms with E-state index >= 15 is 0 Å². The number of thiazole rings is 2. The lowest BCUT2D eigenvalue weighted by atomic mass is 10.3. The molecule has 0 aliphatic heterocycles. The maximum atomic E-state index is 12.3. The van der Waals surface area contributed by atoms with Crippen molar-refractivity contribution in [3.05, 3.63) is 29.3 Å². The fourth-order valence-electron chi connectivity index (χ4n) is 2.49. The maximum absolute atomic E-state index is 12.3. The molecule has 8 nitrogen and oxygen atoms in total. The quantitative estimate of drug-likeness (QED) is 0.560. The van der Waals surface area contributed by atoms with Crippen molar-refractivity contribution >= 4 is 55.0 Å². The van der Waals surface area contributed by atoms with E-state index in [0.29, 0.717) is 23.2 Å². The molecule has 1 N–H and O–H groups in total. The molecule has 2 heterocycles. The zero-order chi connectivity index (χ0) is 20.1. The van der Waals surface area contributed by atoms with Gasteiger partial charge in [0, 0.05) is 12.4 Å². The summed E-state index contributed by atoms with van der Waals surface area (Å²) < 4.78 is 11.2. The Labute approximate surface area is 170 Å². The molecule has 3 aromatic rings. The summed E-state index contributed by atoms with van der Waals surface area (Å²) in [7, 11) is 3.41. The van der Waals surface area contributed by atoms with E-state index in [2.05, 4.69) is 15.3 Å². The summed E-state index contributed by atoms with van der Waals surface area (Å²) in [5.74, 6) is 0.150. The number of hydrogen-bond acceptors (Lipinski definition) is 9. The fraction of sp³-hybridized carbons (Fsp3) is 0.333. The number of fused-ring (bicyclic) bond motifs is 1. The van der Waals surface area contributed by atoms with E-state index in [-0.39, 0.29) is 24.8 Å². The van der Waals surface area contributed by atoms with Crippen LogP contribution in [0, 0.1) is 0 Å². The highest BCUT2D eigenvalue weighted by Crippen LogP contribution is 2.33. The summed E-state index contributed by atoms with van der Waals surface area (Å²) in [5.41, 5.74) is 1.35. The Balaban J connectivity index is 1.60. The molecule has 1 amide bonds. The predicted molar refractivity (Wildman–Crippen MR) is 111 cm³/mol. The largest absolute Gasteiger partial charge is 0.494 e. The van der Waals surface area contributed by atoms with E-state index in [0.717, 1.165) is 15.3 Å². The summed E-state index contributed by atoms with van der Waals surface area (Å²) in [5, 5.41) is 5.65. The number of benzene rings is 1. The monoisotopic (exact) mass is 420 g/mol. The van der Waals surface area contributed by atoms with Crippen LogP contribution in [0.25, 0.3) is 10.2 Å². The highest BCUT2D eigenvalue weighted by Gasteiger charge is 2.16. The van der Waals surface area contributed by atoms with Crippen LogP contribution in [-0.4, -0.2) is 49.2 Å². The van der Waals surface area contributed by atoms with E-state index in [1.54, 1.807) is 31.4 Å². The van der Waals surface area contributed by atoms with Gasteiger partial charge in [0.25, 0.3) is 0 Å². The Bertz CT molecular complexity index is 985. The number of para-hydroxylation sites is 1. The van der Waals surface area contributed by atoms with Gasteiger partial charge in [0.15, 0.2) is 10.3 Å². The molecule has 0 atom stereocenters. The van der Waals surface area contributed by atoms with Gasteiger partial charge in [-0.25, -0.2) is 9.97 Å². The highest BCUT2D eigenvalue weighted by molar-refractivity contribution is 7.22. The molecular formula is C18H20N4O4S2. The normalized spacial score (nSPS) is 10.7. The average Bonchev–Trinajstić information content (AvgIpc) is 3.28. The summed E-state index contributed by atoms with van der Waals surface area (Å²) in [6.45, 7) is 2.20. The van der Waals surface area contributed by atoms with Gasteiger partial charge in [-0.2, -0.15) is 0 Å². The first-order chi connectivity index (χ1) is 13.5. The van der Waals surface area contributed by atoms with E-state index in [4.69, 9.17) is 9.47 Å². The lowest BCUT2D eigenvalue weighted by molar-refractivity contribution is -0.142. The van der Waals surface area contributed by atoms with Crippen LogP contribution in [0.3, 0.4) is 0 Å². The molecule has 0 fully saturated rings. The molecule has 148 valence electrons. The lowest BCUT2D eigenvalue weighted by Gasteiger charge is -2.14. The number of methoxy groups -OCH3 is 1. The van der Waals surface area contributed by atoms with Gasteiger partial charge in [0.05, 0.1) is 37.1 Å². The van der Waals surface area contributed by atoms with Gasteiger partial charge in [-0.05, 0) is 19.1 Å². The van der Waals surface area contributed by atoms with Crippen molar-refractivity contribution in [3.63, 3.8) is 0 Å². The third-order valence-corrected chi connectivity index (χ3v) is 5.67. The minimum atomic E-state index is -0.336. The highest BCUT2D eigenvalue weighted by atomic mass is 32.1. The molecule has 3 rings (SSSR count). The molecular weight excluding hydrogens is 400 g/mol. The number of carbonyl (C=O) groups excluding carboxylic acids is 2. The van der Waals surface area contributed by atoms with Crippen molar-refractivity contribution in [1.29, 1.82) is 0 Å². The van der Waals surface area contributed by atoms with Gasteiger partial charge in [-0.3, -0.25) is 9.59 Å². The predicted octanol–water partition coefficient (Wildman–Crippen LogP) is 2.94. The van der Waals surface area contributed by atoms with Gasteiger partial charge in [-0.1, -0.05) is 17.4 Å². The molecule has 0 saturated carbocycles. The smallest absolute Gasteiger partial charge is 0.311 e. The zero-order valence-electron chi connectivity index (χ0n) is 15.7. The van der Waals surface area contributed by atoms with Gasteiger partial charge < -0.3 is 19.7 Å². The lowest BCUT2D eigenvalue weighted by Crippen LogP contribution is -2.29. The maximum Gasteiger partial charge on any atom is 0.311 e. The molecule has 2 aromatic heterocycles. The number of likely N-dealkylation sites (N-methyl/N-ethyl adjacent to an activating group) is 1. The molecule has 0 spiro atoms. The molecule has 10 heteroatoms. The minimum absolute atomic E-state index is 0.0909. The van der Waals surface area contributed by atoms with Crippen molar-refractivity contribution in [1.82, 2.24) is 9.97 Å². The number of amides is 1. The molecule has 1 aromatic carbocycles. The number of aromatic nitrogens is 2. The first-order valence-corrected chi connectivity index (χ1v) is 10.2. The van der Waals surface area contributed by atoms with E-state index in [1.807, 2.05) is 18.2 Å². The van der Waals surface area contributed by atoms with Crippen LogP contribution < -0.4 is 15.0 Å². The third-order valence-electron chi connectivity index (χ3n) is 3.73. The molecule has 0 aliphatic carbocycles. The third kappa shape index (κ3) is 4.76. The van der Waals surface area contributed by atoms with E-state index < -0.39 is 0 Å². The van der Waals surface area contributed by atoms with Crippen molar-refractivity contribution in [3.8, 4) is 5.75 Å². The number of ether oxygens (including phenoxy) is 2. The van der Waals surface area contributed by atoms with Crippen molar-refractivity contribution in [2.24, 2.45) is 0 Å². The Morgan fingerprint density at radius 1 is 1.29 bits per heavy atom. The van der Waals surface area contributed by atoms with Gasteiger partial charge in [-0.15, -0.1) is 11.3 Å². The van der Waals surface area contributed by atoms with Crippen LogP contribution in [0.1, 0.15) is 12.6 Å². The standard InChI is InChI=1S/C18H20N4O4S2/c1-4-26-15(24)8-11-10-27-17(19-11)20-14(23)9-22(2)18-21-16-12(25-3)6-5-7-13(16)28-18/h5-7,10H,4,8-9H2,1-3H3,(H,19,20,23). The number of carbonyl (C=O) groups is 2. The fourth-order valence-corrected chi connectivity index (χ4v) is 4.16. The van der Waals surface area contributed by atoms with Crippen LogP contribution in [0.2, 0.25) is 0 Å². The van der Waals surface area contributed by atoms with Crippen LogP contribution in [0.15, 0.2) is 23.6 Å². The Morgan fingerprint density at radius 3 is 2.86 bits per heavy atom. The van der Waals surface area contributed by atoms with Gasteiger partial charge >= 0.3 is 5.97 Å². The molecule has 0 saturated heterocycles. The number of rotatable bonds is 8. The summed E-state index contributed by atoms with van der Waals surface area (Å²) in [6.07, 6.45) is 0.0909. The van der Waals surface area contributed by atoms with Crippen LogP contribution in [0.4, 0.5) is 10.3 Å². The molecule has 28 heavy (non-hydrogen) atoms. The molecule has 0 aliphatic rings. The number of nitrogens with zero attached hydrogens (tertiary/aromatic N) is 3. The first-order valence-electron chi connectivity index (χ1n) is 8.54. The van der Waals surface area contributed by atoms with Crippen LogP contribution in [-0.2, 0) is 20.7 Å². The summed E-state index contributed by atoms with van der Waals surface area (Å²) >= 11 is 2.76. The number of nitrogens with one attached hydrogen (secondary N) is 1. The second kappa shape index (κ2) is 8.98. The number of esters is 1. The number of anilines is 2. The SMILES string of the molecule is CCOC(=O)Cc1csc(NC(=O)CN(C)c2nc3c(OC)cccc3s2)n1. The van der Waals surface area contributed by atoms with Crippen molar-refractivity contribution in [2.75, 3.05) is 37.5 Å². The number of hydrogen-bond donors (Lipinski definition) is 1. The van der Waals surface area contributed by atoms with Gasteiger partial charge in [0.2, 0.25) is 5.91 Å². The molecule has 0 bridgehead atoms. The Hall–Kier alpha value is -2.72. The van der Waals surface area contributed by atoms with Crippen molar-refractivity contribution < 1.29 is 19.1 Å². The van der Waals surface area contributed by atoms with Crippen LogP contribution in [0.5, 0.6) is 5.75 Å². The van der Waals surface area contributed by atoms with E-state index in [1.165, 1.54) is 22.7 Å². The Morgan fingerprint density at radius 2 is 2.11 bits per heavy atom. The molecule has 0 unspecified atom stereocenters. The first kappa shape index (κ1) is 20.0. The van der Waals surface area contributed by atoms with Gasteiger partial charge in [0.1, 0.15) is 11.3 Å². The summed E-state index contributed by atoms with van der Waals surface area (Å²) in [6, 6.07) is 5.73. The topological polar surface area (TPSA) is 93.7 Å². The van der Waals surface area contributed by atoms with E-state index in [9.17, 15) is 9.59 Å². The second-order valence-electron chi connectivity index (χ2n) is 5.83. The Kier molecular flexibility index (Phi) is 6.42. The minimum Gasteiger partial charge on any atom is -0.494 e.